The number of nitrogens with two attached hydrogens (primary N) is 1. The molecule has 0 bridgehead atoms. The van der Waals surface area contributed by atoms with E-state index in [-0.39, 0.29) is 37.9 Å². The lowest BCUT2D eigenvalue weighted by atomic mass is 10.0. The van der Waals surface area contributed by atoms with Crippen LogP contribution >= 0.6 is 12.4 Å². The Balaban J connectivity index is 0.00000484. The quantitative estimate of drug-likeness (QED) is 0.276. The molecule has 10 nitrogen and oxygen atoms in total. The highest BCUT2D eigenvalue weighted by molar-refractivity contribution is 5.92. The maximum Gasteiger partial charge on any atom is 0.319 e. The second-order valence-corrected chi connectivity index (χ2v) is 9.81. The highest BCUT2D eigenvalue weighted by Gasteiger charge is 2.37. The van der Waals surface area contributed by atoms with Crippen LogP contribution < -0.4 is 21.1 Å². The van der Waals surface area contributed by atoms with Gasteiger partial charge in [-0.2, -0.15) is 0 Å². The molecular formula is C30H38ClN5O5. The molecular weight excluding hydrogens is 546 g/mol. The predicted molar refractivity (Wildman–Crippen MR) is 160 cm³/mol. The molecule has 41 heavy (non-hydrogen) atoms. The SMILES string of the molecule is Cl.[2H]COc1ccc(C[C@H](NCC(=O)OCCC)C(=O)N2CCC[C@H]2C(=O)NCc2ccc3c(N)nccc3c2)cc1. The van der Waals surface area contributed by atoms with Crippen molar-refractivity contribution in [1.29, 1.82) is 0 Å². The highest BCUT2D eigenvalue weighted by Crippen LogP contribution is 2.22. The second kappa shape index (κ2) is 15.2. The van der Waals surface area contributed by atoms with E-state index >= 15 is 0 Å². The van der Waals surface area contributed by atoms with Gasteiger partial charge in [0.25, 0.3) is 0 Å². The Labute approximate surface area is 247 Å². The van der Waals surface area contributed by atoms with Gasteiger partial charge in [-0.1, -0.05) is 31.2 Å². The van der Waals surface area contributed by atoms with Crippen molar-refractivity contribution >= 4 is 46.8 Å². The lowest BCUT2D eigenvalue weighted by molar-refractivity contribution is -0.144. The van der Waals surface area contributed by atoms with E-state index < -0.39 is 18.1 Å². The minimum absolute atomic E-state index is 0. The largest absolute Gasteiger partial charge is 0.497 e. The number of benzene rings is 2. The number of amides is 2. The molecule has 0 saturated carbocycles. The van der Waals surface area contributed by atoms with Crippen molar-refractivity contribution in [2.24, 2.45) is 0 Å². The Morgan fingerprint density at radius 1 is 1.17 bits per heavy atom. The van der Waals surface area contributed by atoms with Crippen molar-refractivity contribution in [3.05, 3.63) is 65.9 Å². The Morgan fingerprint density at radius 3 is 2.71 bits per heavy atom. The number of ether oxygens (including phenoxy) is 2. The molecule has 4 rings (SSSR count). The normalized spacial score (nSPS) is 15.5. The topological polar surface area (TPSA) is 136 Å². The number of aromatic nitrogens is 1. The number of nitrogen functional groups attached to an aromatic ring is 1. The third kappa shape index (κ3) is 8.31. The minimum atomic E-state index is -0.736. The molecule has 2 heterocycles. The number of carbonyl (C=O) groups excluding carboxylic acids is 3. The molecule has 1 aromatic heterocycles. The number of carbonyl (C=O) groups is 3. The van der Waals surface area contributed by atoms with Crippen LogP contribution in [0.15, 0.2) is 54.7 Å². The third-order valence-corrected chi connectivity index (χ3v) is 6.95. The summed E-state index contributed by atoms with van der Waals surface area (Å²) in [5, 5.41) is 7.83. The van der Waals surface area contributed by atoms with Gasteiger partial charge in [0.05, 0.1) is 27.7 Å². The average molecular weight is 585 g/mol. The summed E-state index contributed by atoms with van der Waals surface area (Å²) in [6.45, 7) is 2.86. The number of methoxy groups -OCH3 is 1. The number of hydrogen-bond donors (Lipinski definition) is 3. The van der Waals surface area contributed by atoms with Crippen LogP contribution in [-0.2, 0) is 32.1 Å². The van der Waals surface area contributed by atoms with Crippen molar-refractivity contribution in [2.45, 2.75) is 51.2 Å². The van der Waals surface area contributed by atoms with E-state index in [0.29, 0.717) is 56.9 Å². The summed E-state index contributed by atoms with van der Waals surface area (Å²) in [6, 6.07) is 13.4. The molecule has 2 amide bonds. The monoisotopic (exact) mass is 584 g/mol. The molecule has 4 N–H and O–H groups in total. The Hall–Kier alpha value is -3.89. The smallest absolute Gasteiger partial charge is 0.319 e. The zero-order valence-corrected chi connectivity index (χ0v) is 24.0. The first kappa shape index (κ1) is 30.1. The number of rotatable bonds is 12. The van der Waals surface area contributed by atoms with Gasteiger partial charge in [0, 0.05) is 24.7 Å². The van der Waals surface area contributed by atoms with E-state index in [1.807, 2.05) is 43.3 Å². The number of fused-ring (bicyclic) bond motifs is 1. The van der Waals surface area contributed by atoms with Crippen molar-refractivity contribution in [3.8, 4) is 5.75 Å². The fraction of sp³-hybridized carbons (Fsp3) is 0.400. The summed E-state index contributed by atoms with van der Waals surface area (Å²) >= 11 is 0. The van der Waals surface area contributed by atoms with Crippen LogP contribution in [0.1, 0.15) is 38.7 Å². The van der Waals surface area contributed by atoms with E-state index in [0.717, 1.165) is 21.9 Å². The molecule has 11 heteroatoms. The molecule has 3 aromatic rings. The van der Waals surface area contributed by atoms with Gasteiger partial charge < -0.3 is 25.4 Å². The van der Waals surface area contributed by atoms with E-state index in [1.165, 1.54) is 0 Å². The number of pyridine rings is 1. The van der Waals surface area contributed by atoms with E-state index in [9.17, 15) is 14.4 Å². The van der Waals surface area contributed by atoms with Crippen molar-refractivity contribution in [2.75, 3.05) is 32.5 Å². The summed E-state index contributed by atoms with van der Waals surface area (Å²) < 4.78 is 17.6. The molecule has 1 aliphatic heterocycles. The zero-order chi connectivity index (χ0) is 29.2. The molecule has 1 fully saturated rings. The number of halogens is 1. The predicted octanol–water partition coefficient (Wildman–Crippen LogP) is 3.01. The lowest BCUT2D eigenvalue weighted by Gasteiger charge is -2.29. The summed E-state index contributed by atoms with van der Waals surface area (Å²) in [5.74, 6) is 0.115. The minimum Gasteiger partial charge on any atom is -0.497 e. The van der Waals surface area contributed by atoms with Crippen LogP contribution in [-0.4, -0.2) is 66.5 Å². The molecule has 2 atom stereocenters. The van der Waals surface area contributed by atoms with Crippen molar-refractivity contribution in [3.63, 3.8) is 0 Å². The lowest BCUT2D eigenvalue weighted by Crippen LogP contribution is -2.53. The van der Waals surface area contributed by atoms with Crippen LogP contribution in [0, 0.1) is 0 Å². The first-order valence-electron chi connectivity index (χ1n) is 14.2. The molecule has 2 aromatic carbocycles. The maximum absolute atomic E-state index is 13.8. The molecule has 220 valence electrons. The summed E-state index contributed by atoms with van der Waals surface area (Å²) in [6.07, 6.45) is 3.92. The van der Waals surface area contributed by atoms with E-state index in [4.69, 9.17) is 16.6 Å². The van der Waals surface area contributed by atoms with E-state index in [1.54, 1.807) is 23.2 Å². The van der Waals surface area contributed by atoms with Crippen LogP contribution in [0.25, 0.3) is 10.8 Å². The second-order valence-electron chi connectivity index (χ2n) is 9.81. The van der Waals surface area contributed by atoms with Gasteiger partial charge in [-0.25, -0.2) is 4.98 Å². The van der Waals surface area contributed by atoms with Gasteiger partial charge in [-0.3, -0.25) is 19.7 Å². The fourth-order valence-electron chi connectivity index (χ4n) is 4.85. The first-order valence-corrected chi connectivity index (χ1v) is 13.5. The van der Waals surface area contributed by atoms with Crippen LogP contribution in [0.2, 0.25) is 0 Å². The van der Waals surface area contributed by atoms with Gasteiger partial charge in [0.2, 0.25) is 11.8 Å². The molecule has 1 aliphatic rings. The van der Waals surface area contributed by atoms with Crippen LogP contribution in [0.3, 0.4) is 0 Å². The third-order valence-electron chi connectivity index (χ3n) is 6.95. The standard InChI is InChI=1S/C30H37N5O5.ClH/c1-3-15-40-27(36)19-33-25(17-20-6-9-23(39-2)10-7-20)30(38)35-14-4-5-26(35)29(37)34-18-21-8-11-24-22(16-21)12-13-32-28(24)31;/h6-13,16,25-26,33H,3-5,14-15,17-19H2,1-2H3,(H2,31,32)(H,34,37);1H/t25-,26-;/m0./s1/i2D;. The molecule has 0 spiro atoms. The summed E-state index contributed by atoms with van der Waals surface area (Å²) in [7, 11) is -0.187. The van der Waals surface area contributed by atoms with Gasteiger partial charge in [-0.15, -0.1) is 12.4 Å². The molecule has 0 radical (unpaired) electrons. The van der Waals surface area contributed by atoms with Crippen LogP contribution in [0.4, 0.5) is 5.82 Å². The number of esters is 1. The number of likely N-dealkylation sites (tertiary alicyclic amines) is 1. The van der Waals surface area contributed by atoms with Gasteiger partial charge in [0.1, 0.15) is 17.6 Å². The maximum atomic E-state index is 13.8. The van der Waals surface area contributed by atoms with Gasteiger partial charge in [0.15, 0.2) is 0 Å². The fourth-order valence-corrected chi connectivity index (χ4v) is 4.85. The number of nitrogens with one attached hydrogen (secondary N) is 2. The van der Waals surface area contributed by atoms with Crippen molar-refractivity contribution in [1.82, 2.24) is 20.5 Å². The summed E-state index contributed by atoms with van der Waals surface area (Å²) in [5.41, 5.74) is 7.71. The molecule has 0 aliphatic carbocycles. The zero-order valence-electron chi connectivity index (χ0n) is 24.1. The highest BCUT2D eigenvalue weighted by atomic mass is 35.5. The van der Waals surface area contributed by atoms with E-state index in [2.05, 4.69) is 15.6 Å². The first-order chi connectivity index (χ1) is 19.9. The number of hydrogen-bond acceptors (Lipinski definition) is 8. The van der Waals surface area contributed by atoms with Crippen LogP contribution in [0.5, 0.6) is 5.75 Å². The molecule has 0 unspecified atom stereocenters. The van der Waals surface area contributed by atoms with Gasteiger partial charge in [-0.05, 0) is 66.5 Å². The number of nitrogens with zero attached hydrogens (tertiary/aromatic N) is 2. The van der Waals surface area contributed by atoms with Crippen molar-refractivity contribution < 1.29 is 25.2 Å². The number of anilines is 1. The summed E-state index contributed by atoms with van der Waals surface area (Å²) in [4.78, 5) is 44.9. The average Bonchev–Trinajstić information content (AvgIpc) is 3.48. The Kier molecular flexibility index (Phi) is 11.2. The Bertz CT molecular complexity index is 1360. The Morgan fingerprint density at radius 2 is 1.95 bits per heavy atom. The molecule has 1 saturated heterocycles. The van der Waals surface area contributed by atoms with Gasteiger partial charge >= 0.3 is 5.97 Å².